The van der Waals surface area contributed by atoms with Gasteiger partial charge < -0.3 is 9.25 Å². The zero-order valence-electron chi connectivity index (χ0n) is 17.0. The predicted octanol–water partition coefficient (Wildman–Crippen LogP) is 4.49. The number of nitrogens with one attached hydrogen (secondary N) is 1. The molecule has 2 heterocycles. The van der Waals surface area contributed by atoms with Crippen LogP contribution in [0.4, 0.5) is 13.2 Å². The fraction of sp³-hybridized carbons (Fsp3) is 0.300. The molecule has 0 aliphatic rings. The summed E-state index contributed by atoms with van der Waals surface area (Å²) in [6, 6.07) is 8.61. The first kappa shape index (κ1) is 24.0. The van der Waals surface area contributed by atoms with Gasteiger partial charge in [0, 0.05) is 16.9 Å². The Morgan fingerprint density at radius 2 is 1.94 bits per heavy atom. The van der Waals surface area contributed by atoms with Gasteiger partial charge in [-0.2, -0.15) is 13.2 Å². The van der Waals surface area contributed by atoms with Crippen molar-refractivity contribution in [2.75, 3.05) is 0 Å². The highest BCUT2D eigenvalue weighted by atomic mass is 32.2. The molecule has 12 heteroatoms. The zero-order valence-corrected chi connectivity index (χ0v) is 18.6. The molecule has 0 bridgehead atoms. The molecule has 0 atom stereocenters. The lowest BCUT2D eigenvalue weighted by Gasteiger charge is -2.09. The SMILES string of the molecule is CC(C)Cc1cc(-c2ccc(Cc3ncco3)cc2)c(S(=O)(=O)NOC(=O)C(F)(F)F)s1. The summed E-state index contributed by atoms with van der Waals surface area (Å²) in [4.78, 5) is 20.8. The molecule has 0 saturated heterocycles. The van der Waals surface area contributed by atoms with Crippen LogP contribution in [0.15, 0.2) is 51.4 Å². The highest BCUT2D eigenvalue weighted by molar-refractivity contribution is 7.91. The molecule has 0 spiro atoms. The zero-order chi connectivity index (χ0) is 23.5. The molecular weight excluding hydrogens is 469 g/mol. The molecule has 3 rings (SSSR count). The van der Waals surface area contributed by atoms with E-state index >= 15 is 0 Å². The topological polar surface area (TPSA) is 98.5 Å². The van der Waals surface area contributed by atoms with Gasteiger partial charge in [-0.15, -0.1) is 11.3 Å². The van der Waals surface area contributed by atoms with Crippen molar-refractivity contribution in [3.63, 3.8) is 0 Å². The Hall–Kier alpha value is -2.70. The third-order valence-corrected chi connectivity index (χ3v) is 7.05. The molecule has 0 amide bonds. The van der Waals surface area contributed by atoms with Gasteiger partial charge in [-0.1, -0.05) is 38.1 Å². The van der Waals surface area contributed by atoms with Gasteiger partial charge in [0.1, 0.15) is 10.5 Å². The number of benzene rings is 1. The Morgan fingerprint density at radius 3 is 2.50 bits per heavy atom. The van der Waals surface area contributed by atoms with Crippen LogP contribution in [0.1, 0.15) is 30.2 Å². The highest BCUT2D eigenvalue weighted by Crippen LogP contribution is 2.36. The lowest BCUT2D eigenvalue weighted by molar-refractivity contribution is -0.203. The van der Waals surface area contributed by atoms with E-state index in [1.807, 2.05) is 13.8 Å². The third-order valence-electron chi connectivity index (χ3n) is 4.18. The number of nitrogens with zero attached hydrogens (tertiary/aromatic N) is 1. The summed E-state index contributed by atoms with van der Waals surface area (Å²) in [5, 5.41) is 0. The van der Waals surface area contributed by atoms with E-state index in [9.17, 15) is 26.4 Å². The molecule has 7 nitrogen and oxygen atoms in total. The Kier molecular flexibility index (Phi) is 7.06. The lowest BCUT2D eigenvalue weighted by Crippen LogP contribution is -2.34. The van der Waals surface area contributed by atoms with E-state index in [0.29, 0.717) is 29.9 Å². The second-order valence-electron chi connectivity index (χ2n) is 7.29. The number of hydrogen-bond donors (Lipinski definition) is 1. The summed E-state index contributed by atoms with van der Waals surface area (Å²) in [5.74, 6) is -1.92. The Bertz CT molecular complexity index is 1170. The first-order valence-corrected chi connectivity index (χ1v) is 11.7. The molecule has 172 valence electrons. The van der Waals surface area contributed by atoms with Crippen LogP contribution in [0, 0.1) is 5.92 Å². The Balaban J connectivity index is 1.91. The van der Waals surface area contributed by atoms with Crippen LogP contribution in [-0.2, 0) is 32.5 Å². The van der Waals surface area contributed by atoms with Gasteiger partial charge in [0.05, 0.1) is 6.20 Å². The molecule has 1 aromatic carbocycles. The van der Waals surface area contributed by atoms with Gasteiger partial charge in [0.25, 0.3) is 10.0 Å². The average Bonchev–Trinajstić information content (AvgIpc) is 3.36. The van der Waals surface area contributed by atoms with Crippen LogP contribution < -0.4 is 4.89 Å². The minimum Gasteiger partial charge on any atom is -0.449 e. The van der Waals surface area contributed by atoms with Crippen molar-refractivity contribution < 1.29 is 35.6 Å². The van der Waals surface area contributed by atoms with Crippen molar-refractivity contribution in [2.45, 2.75) is 37.1 Å². The molecule has 1 N–H and O–H groups in total. The number of thiophene rings is 1. The first-order valence-electron chi connectivity index (χ1n) is 9.36. The molecule has 0 fully saturated rings. The van der Waals surface area contributed by atoms with Crippen molar-refractivity contribution in [1.82, 2.24) is 9.87 Å². The molecule has 2 aromatic heterocycles. The standard InChI is InChI=1S/C20H19F3N2O5S2/c1-12(2)9-15-11-16(14-5-3-13(4-6-14)10-17-24-7-8-29-17)18(31-15)32(27,28)25-30-19(26)20(21,22)23/h3-8,11-12,25H,9-10H2,1-2H3. The summed E-state index contributed by atoms with van der Waals surface area (Å²) >= 11 is 0.909. The minimum absolute atomic E-state index is 0.219. The second-order valence-corrected chi connectivity index (χ2v) is 10.3. The van der Waals surface area contributed by atoms with E-state index in [0.717, 1.165) is 21.8 Å². The number of aromatic nitrogens is 1. The predicted molar refractivity (Wildman–Crippen MR) is 110 cm³/mol. The van der Waals surface area contributed by atoms with Crippen LogP contribution in [-0.4, -0.2) is 25.5 Å². The summed E-state index contributed by atoms with van der Waals surface area (Å²) in [6.45, 7) is 3.91. The summed E-state index contributed by atoms with van der Waals surface area (Å²) in [5.41, 5.74) is 1.70. The van der Waals surface area contributed by atoms with Crippen molar-refractivity contribution in [3.05, 3.63) is 59.1 Å². The number of hydrogen-bond acceptors (Lipinski definition) is 7. The highest BCUT2D eigenvalue weighted by Gasteiger charge is 2.42. The van der Waals surface area contributed by atoms with Gasteiger partial charge in [-0.3, -0.25) is 0 Å². The van der Waals surface area contributed by atoms with E-state index in [4.69, 9.17) is 4.42 Å². The van der Waals surface area contributed by atoms with Gasteiger partial charge in [0.15, 0.2) is 5.89 Å². The summed E-state index contributed by atoms with van der Waals surface area (Å²) < 4.78 is 67.4. The van der Waals surface area contributed by atoms with Crippen LogP contribution in [0.5, 0.6) is 0 Å². The largest absolute Gasteiger partial charge is 0.492 e. The lowest BCUT2D eigenvalue weighted by atomic mass is 10.0. The summed E-state index contributed by atoms with van der Waals surface area (Å²) in [7, 11) is -4.56. The number of rotatable bonds is 8. The monoisotopic (exact) mass is 488 g/mol. The van der Waals surface area contributed by atoms with E-state index in [-0.39, 0.29) is 10.1 Å². The average molecular weight is 489 g/mol. The number of alkyl halides is 3. The van der Waals surface area contributed by atoms with Gasteiger partial charge in [-0.05, 0) is 34.4 Å². The van der Waals surface area contributed by atoms with Crippen molar-refractivity contribution in [1.29, 1.82) is 0 Å². The quantitative estimate of drug-likeness (QED) is 0.469. The van der Waals surface area contributed by atoms with Crippen LogP contribution in [0.25, 0.3) is 11.1 Å². The third kappa shape index (κ3) is 5.96. The van der Waals surface area contributed by atoms with Gasteiger partial charge in [-0.25, -0.2) is 18.2 Å². The summed E-state index contributed by atoms with van der Waals surface area (Å²) in [6.07, 6.45) is -1.34. The molecule has 0 unspecified atom stereocenters. The minimum atomic E-state index is -5.33. The normalized spacial score (nSPS) is 12.3. The fourth-order valence-electron chi connectivity index (χ4n) is 2.83. The number of carbonyl (C=O) groups is 1. The molecular formula is C20H19F3N2O5S2. The van der Waals surface area contributed by atoms with Crippen molar-refractivity contribution in [2.24, 2.45) is 5.92 Å². The number of carbonyl (C=O) groups excluding carboxylic acids is 1. The maximum atomic E-state index is 12.7. The fourth-order valence-corrected chi connectivity index (χ4v) is 5.54. The number of sulfonamides is 1. The van der Waals surface area contributed by atoms with E-state index < -0.39 is 22.2 Å². The number of halogens is 3. The molecule has 3 aromatic rings. The Labute approximate surface area is 186 Å². The molecule has 0 radical (unpaired) electrons. The van der Waals surface area contributed by atoms with E-state index in [1.165, 1.54) is 17.3 Å². The van der Waals surface area contributed by atoms with Crippen LogP contribution in [0.2, 0.25) is 0 Å². The second kappa shape index (κ2) is 9.43. The Morgan fingerprint density at radius 1 is 1.25 bits per heavy atom. The van der Waals surface area contributed by atoms with Gasteiger partial charge >= 0.3 is 12.1 Å². The smallest absolute Gasteiger partial charge is 0.449 e. The molecule has 0 saturated carbocycles. The maximum Gasteiger partial charge on any atom is 0.492 e. The van der Waals surface area contributed by atoms with E-state index in [2.05, 4.69) is 9.82 Å². The van der Waals surface area contributed by atoms with Crippen molar-refractivity contribution in [3.8, 4) is 11.1 Å². The maximum absolute atomic E-state index is 12.7. The van der Waals surface area contributed by atoms with Crippen LogP contribution in [0.3, 0.4) is 0 Å². The first-order chi connectivity index (χ1) is 15.0. The van der Waals surface area contributed by atoms with Gasteiger partial charge in [0.2, 0.25) is 0 Å². The van der Waals surface area contributed by atoms with Crippen molar-refractivity contribution >= 4 is 27.3 Å². The molecule has 0 aliphatic carbocycles. The molecule has 0 aliphatic heterocycles. The molecule has 32 heavy (non-hydrogen) atoms. The van der Waals surface area contributed by atoms with Crippen LogP contribution >= 0.6 is 11.3 Å². The van der Waals surface area contributed by atoms with E-state index in [1.54, 1.807) is 30.3 Å². The number of oxazole rings is 1.